The number of fused-ring (bicyclic) bond motifs is 1. The molecule has 0 aromatic rings. The van der Waals surface area contributed by atoms with Crippen LogP contribution in [0.4, 0.5) is 0 Å². The fourth-order valence-corrected chi connectivity index (χ4v) is 3.71. The first-order chi connectivity index (χ1) is 13.1. The number of rotatable bonds is 7. The first-order valence-electron chi connectivity index (χ1n) is 8.79. The Kier molecular flexibility index (Phi) is 5.64. The fraction of sp³-hybridized carbons (Fsp3) is 0.875. The molecular weight excluding hydrogens is 384 g/mol. The van der Waals surface area contributed by atoms with E-state index in [2.05, 4.69) is 0 Å². The van der Waals surface area contributed by atoms with Gasteiger partial charge in [-0.1, -0.05) is 12.2 Å². The SMILES string of the molecule is C/C=C/C[C@@]1(OC2(CO)O[C@H](CO)[C@@H](O)[C@@H]2O)O[C@H](CO)[C@@H](O)[C@@]2(O)O[C@]12O. The Morgan fingerprint density at radius 1 is 0.964 bits per heavy atom. The third kappa shape index (κ3) is 2.77. The van der Waals surface area contributed by atoms with Crippen LogP contribution in [0.25, 0.3) is 0 Å². The van der Waals surface area contributed by atoms with Gasteiger partial charge in [-0.25, -0.2) is 0 Å². The quantitative estimate of drug-likeness (QED) is 0.148. The molecule has 0 saturated carbocycles. The monoisotopic (exact) mass is 410 g/mol. The number of hydrogen-bond acceptors (Lipinski definition) is 12. The summed E-state index contributed by atoms with van der Waals surface area (Å²) in [6.45, 7) is -0.910. The number of aliphatic hydroxyl groups excluding tert-OH is 6. The Hall–Kier alpha value is -0.740. The van der Waals surface area contributed by atoms with Crippen LogP contribution in [-0.2, 0) is 18.9 Å². The first-order valence-corrected chi connectivity index (χ1v) is 8.79. The molecule has 1 unspecified atom stereocenters. The van der Waals surface area contributed by atoms with Crippen molar-refractivity contribution in [1.82, 2.24) is 0 Å². The van der Waals surface area contributed by atoms with Crippen molar-refractivity contribution < 1.29 is 59.8 Å². The van der Waals surface area contributed by atoms with Gasteiger partial charge in [0.25, 0.3) is 11.6 Å². The highest BCUT2D eigenvalue weighted by atomic mass is 16.9. The Morgan fingerprint density at radius 3 is 2.11 bits per heavy atom. The molecule has 0 aliphatic carbocycles. The lowest BCUT2D eigenvalue weighted by atomic mass is 9.89. The van der Waals surface area contributed by atoms with Crippen molar-refractivity contribution in [3.63, 3.8) is 0 Å². The van der Waals surface area contributed by atoms with Gasteiger partial charge in [-0.05, 0) is 6.92 Å². The summed E-state index contributed by atoms with van der Waals surface area (Å²) in [5, 5.41) is 80.5. The third-order valence-corrected chi connectivity index (χ3v) is 5.40. The summed E-state index contributed by atoms with van der Waals surface area (Å²) in [5.41, 5.74) is 0. The summed E-state index contributed by atoms with van der Waals surface area (Å²) in [5.74, 6) is -9.96. The van der Waals surface area contributed by atoms with Gasteiger partial charge in [0.15, 0.2) is 0 Å². The minimum absolute atomic E-state index is 0.330. The third-order valence-electron chi connectivity index (χ3n) is 5.40. The summed E-state index contributed by atoms with van der Waals surface area (Å²) in [4.78, 5) is 0. The maximum atomic E-state index is 10.8. The van der Waals surface area contributed by atoms with Gasteiger partial charge < -0.3 is 59.8 Å². The summed E-state index contributed by atoms with van der Waals surface area (Å²) < 4.78 is 21.5. The summed E-state index contributed by atoms with van der Waals surface area (Å²) in [7, 11) is 0. The molecule has 0 radical (unpaired) electrons. The largest absolute Gasteiger partial charge is 0.394 e. The minimum atomic E-state index is -2.65. The lowest BCUT2D eigenvalue weighted by Gasteiger charge is -2.47. The van der Waals surface area contributed by atoms with Gasteiger partial charge in [-0.15, -0.1) is 0 Å². The number of hydrogen-bond donors (Lipinski definition) is 8. The number of ether oxygens (including phenoxy) is 4. The minimum Gasteiger partial charge on any atom is -0.394 e. The van der Waals surface area contributed by atoms with Crippen molar-refractivity contribution in [1.29, 1.82) is 0 Å². The van der Waals surface area contributed by atoms with Crippen LogP contribution in [0, 0.1) is 0 Å². The molecule has 0 amide bonds. The van der Waals surface area contributed by atoms with Gasteiger partial charge in [-0.2, -0.15) is 0 Å². The molecule has 3 saturated heterocycles. The fourth-order valence-electron chi connectivity index (χ4n) is 3.71. The van der Waals surface area contributed by atoms with Gasteiger partial charge in [-0.3, -0.25) is 0 Å². The molecule has 0 aromatic carbocycles. The standard InChI is InChI=1S/C16H26O12/c1-2-3-4-14(16(24)15(23,28-16)11(21)9(6-18)26-14)27-13(7-19)12(22)10(20)8(5-17)25-13/h2-3,8-12,17-24H,4-7H2,1H3/b3-2+/t8-,9-,10-,11-,12+,13?,14+,15-,16-/m1/s1. The van der Waals surface area contributed by atoms with Crippen molar-refractivity contribution >= 4 is 0 Å². The first kappa shape index (κ1) is 22.0. The molecule has 12 nitrogen and oxygen atoms in total. The molecule has 0 bridgehead atoms. The predicted octanol–water partition coefficient (Wildman–Crippen LogP) is -4.37. The highest BCUT2D eigenvalue weighted by Crippen LogP contribution is 2.61. The summed E-state index contributed by atoms with van der Waals surface area (Å²) in [6, 6.07) is 0. The zero-order valence-corrected chi connectivity index (χ0v) is 15.1. The van der Waals surface area contributed by atoms with E-state index in [4.69, 9.17) is 18.9 Å². The van der Waals surface area contributed by atoms with Crippen LogP contribution in [0.5, 0.6) is 0 Å². The lowest BCUT2D eigenvalue weighted by Crippen LogP contribution is -2.69. The highest BCUT2D eigenvalue weighted by Gasteiger charge is 2.88. The van der Waals surface area contributed by atoms with Crippen molar-refractivity contribution in [2.24, 2.45) is 0 Å². The second-order valence-electron chi connectivity index (χ2n) is 7.10. The lowest BCUT2D eigenvalue weighted by molar-refractivity contribution is -0.438. The number of epoxide rings is 1. The predicted molar refractivity (Wildman–Crippen MR) is 86.0 cm³/mol. The normalized spacial score (nSPS) is 53.5. The zero-order valence-electron chi connectivity index (χ0n) is 15.1. The smallest absolute Gasteiger partial charge is 0.283 e. The average Bonchev–Trinajstić information content (AvgIpc) is 3.21. The molecule has 3 rings (SSSR count). The molecule has 3 heterocycles. The number of aliphatic hydroxyl groups is 8. The molecule has 3 fully saturated rings. The van der Waals surface area contributed by atoms with Gasteiger partial charge in [0.1, 0.15) is 37.1 Å². The van der Waals surface area contributed by atoms with Crippen molar-refractivity contribution in [3.8, 4) is 0 Å². The van der Waals surface area contributed by atoms with Crippen molar-refractivity contribution in [3.05, 3.63) is 12.2 Å². The van der Waals surface area contributed by atoms with Gasteiger partial charge in [0.05, 0.1) is 13.2 Å². The van der Waals surface area contributed by atoms with E-state index in [1.54, 1.807) is 13.0 Å². The van der Waals surface area contributed by atoms with Crippen LogP contribution < -0.4 is 0 Å². The molecular formula is C16H26O12. The molecule has 8 N–H and O–H groups in total. The molecule has 3 aliphatic heterocycles. The maximum Gasteiger partial charge on any atom is 0.283 e. The summed E-state index contributed by atoms with van der Waals surface area (Å²) >= 11 is 0. The molecule has 0 aromatic heterocycles. The van der Waals surface area contributed by atoms with E-state index in [0.717, 1.165) is 0 Å². The van der Waals surface area contributed by atoms with E-state index in [1.807, 2.05) is 0 Å². The molecule has 0 spiro atoms. The van der Waals surface area contributed by atoms with Crippen molar-refractivity contribution in [2.75, 3.05) is 19.8 Å². The second-order valence-corrected chi connectivity index (χ2v) is 7.10. The van der Waals surface area contributed by atoms with Crippen LogP contribution >= 0.6 is 0 Å². The van der Waals surface area contributed by atoms with Crippen LogP contribution in [0.1, 0.15) is 13.3 Å². The second kappa shape index (κ2) is 7.19. The molecule has 28 heavy (non-hydrogen) atoms. The van der Waals surface area contributed by atoms with E-state index in [0.29, 0.717) is 0 Å². The van der Waals surface area contributed by atoms with Crippen molar-refractivity contribution in [2.45, 2.75) is 67.0 Å². The van der Waals surface area contributed by atoms with E-state index >= 15 is 0 Å². The zero-order chi connectivity index (χ0) is 21.0. The topological polar surface area (TPSA) is 202 Å². The van der Waals surface area contributed by atoms with Crippen LogP contribution in [0.3, 0.4) is 0 Å². The summed E-state index contributed by atoms with van der Waals surface area (Å²) in [6.07, 6.45) is -5.49. The van der Waals surface area contributed by atoms with E-state index in [1.165, 1.54) is 6.08 Å². The van der Waals surface area contributed by atoms with Crippen LogP contribution in [0.2, 0.25) is 0 Å². The molecule has 3 aliphatic rings. The Bertz CT molecular complexity index is 616. The van der Waals surface area contributed by atoms with Gasteiger partial charge >= 0.3 is 0 Å². The highest BCUT2D eigenvalue weighted by molar-refractivity contribution is 5.20. The number of allylic oxidation sites excluding steroid dienone is 1. The average molecular weight is 410 g/mol. The molecule has 12 heteroatoms. The molecule has 9 atom stereocenters. The Balaban J connectivity index is 2.03. The maximum absolute atomic E-state index is 10.8. The van der Waals surface area contributed by atoms with Crippen LogP contribution in [0.15, 0.2) is 12.2 Å². The Labute approximate surface area is 159 Å². The molecule has 162 valence electrons. The van der Waals surface area contributed by atoms with Gasteiger partial charge in [0.2, 0.25) is 11.6 Å². The van der Waals surface area contributed by atoms with Crippen LogP contribution in [-0.4, -0.2) is 114 Å². The van der Waals surface area contributed by atoms with Gasteiger partial charge in [0, 0.05) is 6.42 Å². The Morgan fingerprint density at radius 2 is 1.61 bits per heavy atom. The van der Waals surface area contributed by atoms with E-state index in [9.17, 15) is 40.9 Å². The van der Waals surface area contributed by atoms with E-state index in [-0.39, 0.29) is 6.42 Å². The van der Waals surface area contributed by atoms with E-state index < -0.39 is 73.5 Å².